The summed E-state index contributed by atoms with van der Waals surface area (Å²) in [6.45, 7) is 11.1. The van der Waals surface area contributed by atoms with Crippen molar-refractivity contribution in [2.75, 3.05) is 39.5 Å². The molecule has 0 aromatic carbocycles. The topological polar surface area (TPSA) is 21.7 Å². The minimum Gasteiger partial charge on any atom is -0.380 e. The van der Waals surface area contributed by atoms with E-state index in [1.165, 1.54) is 45.3 Å². The van der Waals surface area contributed by atoms with E-state index in [1.807, 2.05) is 0 Å². The minimum atomic E-state index is 0.374. The zero-order valence-electron chi connectivity index (χ0n) is 11.9. The summed E-state index contributed by atoms with van der Waals surface area (Å²) in [4.78, 5) is 2.67. The molecule has 0 N–H and O–H groups in total. The van der Waals surface area contributed by atoms with Gasteiger partial charge in [0.05, 0.1) is 25.9 Å². The van der Waals surface area contributed by atoms with Gasteiger partial charge in [0.25, 0.3) is 0 Å². The highest BCUT2D eigenvalue weighted by Crippen LogP contribution is 2.48. The first-order valence-corrected chi connectivity index (χ1v) is 7.53. The highest BCUT2D eigenvalue weighted by atomic mass is 16.5. The molecular formula is C15H27NO2. The fourth-order valence-electron chi connectivity index (χ4n) is 3.21. The Kier molecular flexibility index (Phi) is 3.41. The third kappa shape index (κ3) is 2.73. The average Bonchev–Trinajstić information content (AvgIpc) is 3.06. The van der Waals surface area contributed by atoms with Gasteiger partial charge < -0.3 is 14.4 Å². The van der Waals surface area contributed by atoms with E-state index in [0.717, 1.165) is 19.8 Å². The van der Waals surface area contributed by atoms with Gasteiger partial charge in [0, 0.05) is 17.4 Å². The SMILES string of the molecule is CC(C)OCC1(CN2CCC3(CC2)COC3)CC1. The molecule has 1 aliphatic carbocycles. The first-order chi connectivity index (χ1) is 8.62. The van der Waals surface area contributed by atoms with Gasteiger partial charge in [0.15, 0.2) is 0 Å². The molecule has 0 aromatic rings. The van der Waals surface area contributed by atoms with Gasteiger partial charge in [-0.1, -0.05) is 0 Å². The van der Waals surface area contributed by atoms with Gasteiger partial charge in [-0.3, -0.25) is 0 Å². The molecule has 3 aliphatic rings. The predicted molar refractivity (Wildman–Crippen MR) is 71.7 cm³/mol. The molecule has 2 aliphatic heterocycles. The summed E-state index contributed by atoms with van der Waals surface area (Å²) in [6.07, 6.45) is 5.79. The molecule has 18 heavy (non-hydrogen) atoms. The van der Waals surface area contributed by atoms with Crippen LogP contribution in [-0.2, 0) is 9.47 Å². The fraction of sp³-hybridized carbons (Fsp3) is 1.00. The second-order valence-corrected chi connectivity index (χ2v) is 7.13. The Bertz CT molecular complexity index is 285. The molecule has 2 saturated heterocycles. The number of nitrogens with zero attached hydrogens (tertiary/aromatic N) is 1. The van der Waals surface area contributed by atoms with Crippen molar-refractivity contribution in [3.05, 3.63) is 0 Å². The Morgan fingerprint density at radius 1 is 1.11 bits per heavy atom. The summed E-state index contributed by atoms with van der Waals surface area (Å²) in [5.74, 6) is 0. The van der Waals surface area contributed by atoms with E-state index in [4.69, 9.17) is 9.47 Å². The van der Waals surface area contributed by atoms with E-state index in [-0.39, 0.29) is 0 Å². The Hall–Kier alpha value is -0.120. The van der Waals surface area contributed by atoms with Crippen LogP contribution < -0.4 is 0 Å². The second kappa shape index (κ2) is 4.77. The van der Waals surface area contributed by atoms with Crippen molar-refractivity contribution in [2.24, 2.45) is 10.8 Å². The monoisotopic (exact) mass is 253 g/mol. The highest BCUT2D eigenvalue weighted by molar-refractivity contribution is 4.98. The van der Waals surface area contributed by atoms with Gasteiger partial charge in [-0.2, -0.15) is 0 Å². The molecule has 1 spiro atoms. The van der Waals surface area contributed by atoms with Gasteiger partial charge >= 0.3 is 0 Å². The molecule has 2 heterocycles. The van der Waals surface area contributed by atoms with Crippen molar-refractivity contribution in [1.82, 2.24) is 4.90 Å². The molecule has 3 fully saturated rings. The van der Waals surface area contributed by atoms with Gasteiger partial charge in [-0.25, -0.2) is 0 Å². The number of ether oxygens (including phenoxy) is 2. The lowest BCUT2D eigenvalue weighted by atomic mass is 9.76. The zero-order valence-corrected chi connectivity index (χ0v) is 11.9. The Morgan fingerprint density at radius 2 is 1.78 bits per heavy atom. The van der Waals surface area contributed by atoms with Crippen LogP contribution >= 0.6 is 0 Å². The van der Waals surface area contributed by atoms with Crippen LogP contribution in [0.15, 0.2) is 0 Å². The van der Waals surface area contributed by atoms with Crippen molar-refractivity contribution in [3.63, 3.8) is 0 Å². The van der Waals surface area contributed by atoms with Crippen molar-refractivity contribution >= 4 is 0 Å². The van der Waals surface area contributed by atoms with Crippen LogP contribution in [0.3, 0.4) is 0 Å². The van der Waals surface area contributed by atoms with Crippen LogP contribution in [0, 0.1) is 10.8 Å². The number of hydrogen-bond donors (Lipinski definition) is 0. The summed E-state index contributed by atoms with van der Waals surface area (Å²) < 4.78 is 11.2. The normalized spacial score (nSPS) is 29.5. The summed E-state index contributed by atoms with van der Waals surface area (Å²) in [5, 5.41) is 0. The Labute approximate surface area is 111 Å². The molecule has 0 aromatic heterocycles. The number of hydrogen-bond acceptors (Lipinski definition) is 3. The summed E-state index contributed by atoms with van der Waals surface area (Å²) in [6, 6.07) is 0. The highest BCUT2D eigenvalue weighted by Gasteiger charge is 2.47. The average molecular weight is 253 g/mol. The lowest BCUT2D eigenvalue weighted by molar-refractivity contribution is -0.141. The van der Waals surface area contributed by atoms with Crippen LogP contribution in [-0.4, -0.2) is 50.5 Å². The second-order valence-electron chi connectivity index (χ2n) is 7.13. The van der Waals surface area contributed by atoms with Crippen molar-refractivity contribution in [2.45, 2.75) is 45.6 Å². The summed E-state index contributed by atoms with van der Waals surface area (Å²) >= 11 is 0. The van der Waals surface area contributed by atoms with E-state index in [2.05, 4.69) is 18.7 Å². The minimum absolute atomic E-state index is 0.374. The molecule has 0 radical (unpaired) electrons. The number of rotatable bonds is 5. The van der Waals surface area contributed by atoms with Crippen LogP contribution in [0.4, 0.5) is 0 Å². The first kappa shape index (κ1) is 12.9. The molecule has 104 valence electrons. The quantitative estimate of drug-likeness (QED) is 0.750. The lowest BCUT2D eigenvalue weighted by Crippen LogP contribution is -2.51. The van der Waals surface area contributed by atoms with Crippen LogP contribution in [0.5, 0.6) is 0 Å². The first-order valence-electron chi connectivity index (χ1n) is 7.53. The van der Waals surface area contributed by atoms with E-state index < -0.39 is 0 Å². The van der Waals surface area contributed by atoms with Gasteiger partial charge in [0.2, 0.25) is 0 Å². The van der Waals surface area contributed by atoms with E-state index >= 15 is 0 Å². The third-order valence-corrected chi connectivity index (χ3v) is 4.97. The fourth-order valence-corrected chi connectivity index (χ4v) is 3.21. The van der Waals surface area contributed by atoms with Crippen LogP contribution in [0.25, 0.3) is 0 Å². The van der Waals surface area contributed by atoms with Crippen molar-refractivity contribution in [1.29, 1.82) is 0 Å². The summed E-state index contributed by atoms with van der Waals surface area (Å²) in [5.41, 5.74) is 1.08. The summed E-state index contributed by atoms with van der Waals surface area (Å²) in [7, 11) is 0. The molecule has 3 rings (SSSR count). The van der Waals surface area contributed by atoms with E-state index in [9.17, 15) is 0 Å². The molecule has 3 heteroatoms. The van der Waals surface area contributed by atoms with Crippen LogP contribution in [0.1, 0.15) is 39.5 Å². The zero-order chi connectivity index (χ0) is 12.6. The smallest absolute Gasteiger partial charge is 0.0545 e. The standard InChI is InChI=1S/C15H27NO2/c1-13(2)18-12-14(3-4-14)9-16-7-5-15(6-8-16)10-17-11-15/h13H,3-12H2,1-2H3. The lowest BCUT2D eigenvalue weighted by Gasteiger charge is -2.47. The Balaban J connectivity index is 1.43. The Morgan fingerprint density at radius 3 is 2.22 bits per heavy atom. The number of likely N-dealkylation sites (tertiary alicyclic amines) is 1. The van der Waals surface area contributed by atoms with Gasteiger partial charge in [-0.15, -0.1) is 0 Å². The van der Waals surface area contributed by atoms with Gasteiger partial charge in [-0.05, 0) is 52.6 Å². The van der Waals surface area contributed by atoms with E-state index in [1.54, 1.807) is 0 Å². The molecule has 0 amide bonds. The maximum Gasteiger partial charge on any atom is 0.0545 e. The number of piperidine rings is 1. The molecule has 0 unspecified atom stereocenters. The van der Waals surface area contributed by atoms with Crippen LogP contribution in [0.2, 0.25) is 0 Å². The maximum absolute atomic E-state index is 5.84. The largest absolute Gasteiger partial charge is 0.380 e. The van der Waals surface area contributed by atoms with Crippen molar-refractivity contribution in [3.8, 4) is 0 Å². The third-order valence-electron chi connectivity index (χ3n) is 4.97. The molecule has 1 saturated carbocycles. The maximum atomic E-state index is 5.84. The molecular weight excluding hydrogens is 226 g/mol. The molecule has 3 nitrogen and oxygen atoms in total. The molecule has 0 bridgehead atoms. The van der Waals surface area contributed by atoms with Crippen molar-refractivity contribution < 1.29 is 9.47 Å². The molecule has 0 atom stereocenters. The predicted octanol–water partition coefficient (Wildman–Crippen LogP) is 2.30. The van der Waals surface area contributed by atoms with Gasteiger partial charge in [0.1, 0.15) is 0 Å². The van der Waals surface area contributed by atoms with E-state index in [0.29, 0.717) is 16.9 Å².